The minimum atomic E-state index is -3.80. The summed E-state index contributed by atoms with van der Waals surface area (Å²) in [7, 11) is -3.80. The van der Waals surface area contributed by atoms with Crippen molar-refractivity contribution in [2.24, 2.45) is 10.1 Å². The summed E-state index contributed by atoms with van der Waals surface area (Å²) >= 11 is 1.19. The van der Waals surface area contributed by atoms with Gasteiger partial charge in [-0.1, -0.05) is 36.0 Å². The van der Waals surface area contributed by atoms with Gasteiger partial charge in [0.25, 0.3) is 0 Å². The van der Waals surface area contributed by atoms with Gasteiger partial charge in [0.05, 0.1) is 10.6 Å². The molecular weight excluding hydrogens is 436 g/mol. The lowest BCUT2D eigenvalue weighted by Crippen LogP contribution is -2.33. The van der Waals surface area contributed by atoms with E-state index < -0.39 is 15.3 Å². The topological polar surface area (TPSA) is 122 Å². The van der Waals surface area contributed by atoms with Crippen molar-refractivity contribution in [1.82, 2.24) is 4.90 Å². The smallest absolute Gasteiger partial charge is 0.242 e. The average Bonchev–Trinajstić information content (AvgIpc) is 2.98. The summed E-state index contributed by atoms with van der Waals surface area (Å²) in [6.45, 7) is 5.81. The Balaban J connectivity index is 1.77. The fourth-order valence-electron chi connectivity index (χ4n) is 2.93. The second kappa shape index (κ2) is 9.46. The first-order valence-electron chi connectivity index (χ1n) is 9.35. The molecule has 8 nitrogen and oxygen atoms in total. The van der Waals surface area contributed by atoms with Gasteiger partial charge in [-0.15, -0.1) is 6.58 Å². The number of carbonyl (C=O) groups excluding carboxylic acids is 2. The number of para-hydroxylation sites is 1. The van der Waals surface area contributed by atoms with E-state index in [1.165, 1.54) is 40.9 Å². The average molecular weight is 459 g/mol. The lowest BCUT2D eigenvalue weighted by Gasteiger charge is -2.14. The third kappa shape index (κ3) is 5.60. The molecule has 0 radical (unpaired) electrons. The summed E-state index contributed by atoms with van der Waals surface area (Å²) in [5.74, 6) is -0.498. The van der Waals surface area contributed by atoms with Gasteiger partial charge in [0.1, 0.15) is 5.25 Å². The van der Waals surface area contributed by atoms with E-state index in [9.17, 15) is 18.0 Å². The first-order valence-corrected chi connectivity index (χ1v) is 11.8. The number of benzene rings is 2. The Morgan fingerprint density at radius 3 is 2.55 bits per heavy atom. The number of hydrogen-bond donors (Lipinski definition) is 2. The van der Waals surface area contributed by atoms with Crippen LogP contribution in [0.2, 0.25) is 0 Å². The summed E-state index contributed by atoms with van der Waals surface area (Å²) in [5.41, 5.74) is 2.09. The molecule has 1 atom stereocenters. The molecule has 1 aliphatic heterocycles. The first kappa shape index (κ1) is 22.7. The van der Waals surface area contributed by atoms with Gasteiger partial charge in [0.15, 0.2) is 5.17 Å². The molecule has 1 fully saturated rings. The molecule has 31 heavy (non-hydrogen) atoms. The monoisotopic (exact) mass is 458 g/mol. The molecule has 0 saturated carbocycles. The highest BCUT2D eigenvalue weighted by Gasteiger charge is 2.38. The molecule has 162 valence electrons. The zero-order chi connectivity index (χ0) is 22.6. The van der Waals surface area contributed by atoms with Gasteiger partial charge in [0.2, 0.25) is 21.8 Å². The molecule has 2 aromatic rings. The molecule has 1 unspecified atom stereocenters. The van der Waals surface area contributed by atoms with Crippen LogP contribution in [0.1, 0.15) is 12.0 Å². The Labute approximate surface area is 185 Å². The number of aryl methyl sites for hydroxylation is 1. The molecule has 1 heterocycles. The molecule has 10 heteroatoms. The van der Waals surface area contributed by atoms with Crippen LogP contribution in [0.3, 0.4) is 0 Å². The van der Waals surface area contributed by atoms with E-state index in [1.54, 1.807) is 12.1 Å². The van der Waals surface area contributed by atoms with Gasteiger partial charge in [-0.3, -0.25) is 14.5 Å². The van der Waals surface area contributed by atoms with E-state index in [2.05, 4.69) is 16.9 Å². The number of rotatable bonds is 7. The summed E-state index contributed by atoms with van der Waals surface area (Å²) in [6, 6.07) is 13.1. The molecule has 0 aliphatic carbocycles. The Morgan fingerprint density at radius 2 is 1.94 bits per heavy atom. The second-order valence-electron chi connectivity index (χ2n) is 6.84. The first-order chi connectivity index (χ1) is 14.7. The molecule has 1 saturated heterocycles. The van der Waals surface area contributed by atoms with Gasteiger partial charge in [0, 0.05) is 18.7 Å². The van der Waals surface area contributed by atoms with Crippen LogP contribution < -0.4 is 10.5 Å². The molecule has 2 amide bonds. The van der Waals surface area contributed by atoms with Crippen molar-refractivity contribution in [2.75, 3.05) is 11.9 Å². The van der Waals surface area contributed by atoms with Crippen LogP contribution in [0.25, 0.3) is 0 Å². The minimum absolute atomic E-state index is 0.00511. The van der Waals surface area contributed by atoms with Crippen molar-refractivity contribution in [1.29, 1.82) is 0 Å². The number of hydrogen-bond acceptors (Lipinski definition) is 6. The molecule has 0 bridgehead atoms. The van der Waals surface area contributed by atoms with E-state index >= 15 is 0 Å². The zero-order valence-electron chi connectivity index (χ0n) is 16.8. The van der Waals surface area contributed by atoms with Crippen molar-refractivity contribution < 1.29 is 18.0 Å². The number of thioether (sulfide) groups is 1. The number of nitrogens with zero attached hydrogens (tertiary/aromatic N) is 2. The number of amidine groups is 1. The molecule has 0 aromatic heterocycles. The second-order valence-corrected chi connectivity index (χ2v) is 9.58. The lowest BCUT2D eigenvalue weighted by atomic mass is 10.2. The van der Waals surface area contributed by atoms with Crippen LogP contribution in [0.15, 0.2) is 71.1 Å². The zero-order valence-corrected chi connectivity index (χ0v) is 18.4. The van der Waals surface area contributed by atoms with E-state index in [4.69, 9.17) is 5.14 Å². The third-order valence-corrected chi connectivity index (χ3v) is 6.62. The predicted molar refractivity (Wildman–Crippen MR) is 123 cm³/mol. The van der Waals surface area contributed by atoms with Crippen LogP contribution in [-0.4, -0.2) is 42.1 Å². The molecule has 2 aromatic carbocycles. The maximum atomic E-state index is 12.8. The lowest BCUT2D eigenvalue weighted by molar-refractivity contribution is -0.127. The van der Waals surface area contributed by atoms with E-state index in [0.717, 1.165) is 5.56 Å². The summed E-state index contributed by atoms with van der Waals surface area (Å²) < 4.78 is 22.8. The maximum absolute atomic E-state index is 12.8. The van der Waals surface area contributed by atoms with Crippen LogP contribution in [0.4, 0.5) is 11.4 Å². The minimum Gasteiger partial charge on any atom is -0.326 e. The predicted octanol–water partition coefficient (Wildman–Crippen LogP) is 2.79. The standard InChI is InChI=1S/C21H22N4O4S2/c1-3-12-25-20(27)18(13-19(26)24-17-7-5-4-6-14(17)2)30-21(25)23-15-8-10-16(11-9-15)31(22,28)29/h3-11,18H,1,12-13H2,2H3,(H,24,26)(H2,22,28,29). The van der Waals surface area contributed by atoms with Gasteiger partial charge in [-0.25, -0.2) is 18.5 Å². The number of sulfonamides is 1. The van der Waals surface area contributed by atoms with Gasteiger partial charge < -0.3 is 5.32 Å². The van der Waals surface area contributed by atoms with Crippen molar-refractivity contribution in [3.63, 3.8) is 0 Å². The normalized spacial score (nSPS) is 17.7. The highest BCUT2D eigenvalue weighted by atomic mass is 32.2. The van der Waals surface area contributed by atoms with Crippen LogP contribution in [0, 0.1) is 6.92 Å². The maximum Gasteiger partial charge on any atom is 0.242 e. The fraction of sp³-hybridized carbons (Fsp3) is 0.190. The Morgan fingerprint density at radius 1 is 1.26 bits per heavy atom. The van der Waals surface area contributed by atoms with Crippen molar-refractivity contribution in [3.8, 4) is 0 Å². The summed E-state index contributed by atoms with van der Waals surface area (Å²) in [4.78, 5) is 31.2. The van der Waals surface area contributed by atoms with Crippen LogP contribution in [-0.2, 0) is 19.6 Å². The number of amides is 2. The number of anilines is 1. The Kier molecular flexibility index (Phi) is 6.94. The largest absolute Gasteiger partial charge is 0.326 e. The molecule has 3 rings (SSSR count). The molecule has 1 aliphatic rings. The van der Waals surface area contributed by atoms with E-state index in [-0.39, 0.29) is 29.7 Å². The summed E-state index contributed by atoms with van der Waals surface area (Å²) in [6.07, 6.45) is 1.57. The SMILES string of the molecule is C=CCN1C(=O)C(CC(=O)Nc2ccccc2C)SC1=Nc1ccc(S(N)(=O)=O)cc1. The third-order valence-electron chi connectivity index (χ3n) is 4.51. The van der Waals surface area contributed by atoms with E-state index in [0.29, 0.717) is 16.5 Å². The van der Waals surface area contributed by atoms with Crippen molar-refractivity contribution in [2.45, 2.75) is 23.5 Å². The quantitative estimate of drug-likeness (QED) is 0.618. The van der Waals surface area contributed by atoms with Gasteiger partial charge >= 0.3 is 0 Å². The highest BCUT2D eigenvalue weighted by Crippen LogP contribution is 2.32. The fourth-order valence-corrected chi connectivity index (χ4v) is 4.61. The Hall–Kier alpha value is -2.95. The van der Waals surface area contributed by atoms with E-state index in [1.807, 2.05) is 25.1 Å². The summed E-state index contributed by atoms with van der Waals surface area (Å²) in [5, 5.41) is 7.75. The number of carbonyl (C=O) groups is 2. The van der Waals surface area contributed by atoms with Gasteiger partial charge in [-0.2, -0.15) is 0 Å². The number of nitrogens with one attached hydrogen (secondary N) is 1. The van der Waals surface area contributed by atoms with Crippen LogP contribution >= 0.6 is 11.8 Å². The molecular formula is C21H22N4O4S2. The number of primary sulfonamides is 1. The van der Waals surface area contributed by atoms with Crippen molar-refractivity contribution >= 4 is 50.1 Å². The van der Waals surface area contributed by atoms with Gasteiger partial charge in [-0.05, 0) is 42.8 Å². The molecule has 0 spiro atoms. The number of aliphatic imine (C=N–C) groups is 1. The molecule has 3 N–H and O–H groups in total. The highest BCUT2D eigenvalue weighted by molar-refractivity contribution is 8.15. The van der Waals surface area contributed by atoms with Crippen molar-refractivity contribution in [3.05, 3.63) is 66.7 Å². The Bertz CT molecular complexity index is 1140. The van der Waals surface area contributed by atoms with Crippen LogP contribution in [0.5, 0.6) is 0 Å². The number of nitrogens with two attached hydrogens (primary N) is 1.